The van der Waals surface area contributed by atoms with Crippen LogP contribution in [0.2, 0.25) is 0 Å². The largest absolute Gasteiger partial charge is 0.399 e. The van der Waals surface area contributed by atoms with E-state index in [1.165, 1.54) is 0 Å². The zero-order valence-corrected chi connectivity index (χ0v) is 12.3. The van der Waals surface area contributed by atoms with Gasteiger partial charge < -0.3 is 15.8 Å². The maximum Gasteiger partial charge on any atom is 0.220 e. The molecule has 1 atom stereocenters. The van der Waals surface area contributed by atoms with Gasteiger partial charge in [0.1, 0.15) is 0 Å². The van der Waals surface area contributed by atoms with E-state index in [1.54, 1.807) is 7.11 Å². The highest BCUT2D eigenvalue weighted by Gasteiger charge is 2.06. The maximum atomic E-state index is 11.6. The van der Waals surface area contributed by atoms with Gasteiger partial charge in [0.15, 0.2) is 0 Å². The Morgan fingerprint density at radius 2 is 2.11 bits per heavy atom. The molecule has 0 radical (unpaired) electrons. The minimum Gasteiger partial charge on any atom is -0.399 e. The number of aryl methyl sites for hydroxylation is 1. The molecule has 5 heteroatoms. The van der Waals surface area contributed by atoms with Gasteiger partial charge in [-0.05, 0) is 24.0 Å². The summed E-state index contributed by atoms with van der Waals surface area (Å²) >= 11 is 0. The lowest BCUT2D eigenvalue weighted by Gasteiger charge is -2.11. The summed E-state index contributed by atoms with van der Waals surface area (Å²) in [6.45, 7) is 3.35. The van der Waals surface area contributed by atoms with E-state index in [0.29, 0.717) is 31.9 Å². The summed E-state index contributed by atoms with van der Waals surface area (Å²) in [7, 11) is 1.66. The smallest absolute Gasteiger partial charge is 0.220 e. The van der Waals surface area contributed by atoms with E-state index >= 15 is 0 Å². The lowest BCUT2D eigenvalue weighted by molar-refractivity contribution is -0.121. The SMILES string of the molecule is COCC(C)CNC(=O)CCc1ccccc1N.Cl. The molecule has 0 saturated carbocycles. The van der Waals surface area contributed by atoms with E-state index in [-0.39, 0.29) is 18.3 Å². The fourth-order valence-corrected chi connectivity index (χ4v) is 1.73. The van der Waals surface area contributed by atoms with Crippen molar-refractivity contribution in [1.29, 1.82) is 0 Å². The van der Waals surface area contributed by atoms with Gasteiger partial charge in [-0.3, -0.25) is 4.79 Å². The Balaban J connectivity index is 0.00000324. The Labute approximate surface area is 121 Å². The predicted octanol–water partition coefficient (Wildman–Crippen LogP) is 2.02. The van der Waals surface area contributed by atoms with Gasteiger partial charge in [-0.2, -0.15) is 0 Å². The highest BCUT2D eigenvalue weighted by molar-refractivity contribution is 5.85. The van der Waals surface area contributed by atoms with Crippen molar-refractivity contribution in [2.45, 2.75) is 19.8 Å². The fraction of sp³-hybridized carbons (Fsp3) is 0.500. The van der Waals surface area contributed by atoms with Gasteiger partial charge in [0.05, 0.1) is 6.61 Å². The molecule has 1 rings (SSSR count). The number of nitrogen functional groups attached to an aromatic ring is 1. The minimum atomic E-state index is 0. The van der Waals surface area contributed by atoms with E-state index in [4.69, 9.17) is 10.5 Å². The zero-order valence-electron chi connectivity index (χ0n) is 11.5. The summed E-state index contributed by atoms with van der Waals surface area (Å²) in [5, 5.41) is 2.90. The molecule has 0 fully saturated rings. The fourth-order valence-electron chi connectivity index (χ4n) is 1.73. The number of rotatable bonds is 7. The van der Waals surface area contributed by atoms with Gasteiger partial charge in [-0.25, -0.2) is 0 Å². The molecular weight excluding hydrogens is 264 g/mol. The Hall–Kier alpha value is -1.26. The number of nitrogens with two attached hydrogens (primary N) is 1. The van der Waals surface area contributed by atoms with Crippen LogP contribution < -0.4 is 11.1 Å². The molecule has 19 heavy (non-hydrogen) atoms. The molecular formula is C14H23ClN2O2. The third-order valence-electron chi connectivity index (χ3n) is 2.78. The summed E-state index contributed by atoms with van der Waals surface area (Å²) in [6.07, 6.45) is 1.14. The third-order valence-corrected chi connectivity index (χ3v) is 2.78. The second-order valence-corrected chi connectivity index (χ2v) is 4.56. The normalized spacial score (nSPS) is 11.5. The van der Waals surface area contributed by atoms with Crippen LogP contribution in [0.25, 0.3) is 0 Å². The highest BCUT2D eigenvalue weighted by Crippen LogP contribution is 2.12. The number of para-hydroxylation sites is 1. The van der Waals surface area contributed by atoms with Crippen molar-refractivity contribution in [1.82, 2.24) is 5.32 Å². The molecule has 1 aromatic carbocycles. The van der Waals surface area contributed by atoms with Crippen LogP contribution in [0.15, 0.2) is 24.3 Å². The van der Waals surface area contributed by atoms with E-state index in [0.717, 1.165) is 11.3 Å². The third kappa shape index (κ3) is 7.03. The molecule has 1 unspecified atom stereocenters. The molecule has 0 bridgehead atoms. The molecule has 0 aromatic heterocycles. The number of halogens is 1. The Kier molecular flexibility index (Phi) is 9.00. The molecule has 108 valence electrons. The Morgan fingerprint density at radius 1 is 1.42 bits per heavy atom. The number of benzene rings is 1. The summed E-state index contributed by atoms with van der Waals surface area (Å²) in [5.41, 5.74) is 7.59. The number of carbonyl (C=O) groups is 1. The molecule has 0 aliphatic rings. The molecule has 0 aliphatic carbocycles. The summed E-state index contributed by atoms with van der Waals surface area (Å²) in [5.74, 6) is 0.391. The molecule has 3 N–H and O–H groups in total. The van der Waals surface area contributed by atoms with Crippen LogP contribution in [0.5, 0.6) is 0 Å². The zero-order chi connectivity index (χ0) is 13.4. The first kappa shape index (κ1) is 17.7. The predicted molar refractivity (Wildman–Crippen MR) is 80.5 cm³/mol. The molecule has 1 aromatic rings. The Bertz CT molecular complexity index is 385. The van der Waals surface area contributed by atoms with Crippen molar-refractivity contribution in [2.75, 3.05) is 26.0 Å². The summed E-state index contributed by atoms with van der Waals surface area (Å²) in [6, 6.07) is 7.64. The number of nitrogens with one attached hydrogen (secondary N) is 1. The van der Waals surface area contributed by atoms with Crippen LogP contribution in [0.3, 0.4) is 0 Å². The summed E-state index contributed by atoms with van der Waals surface area (Å²) in [4.78, 5) is 11.6. The Morgan fingerprint density at radius 3 is 2.74 bits per heavy atom. The number of amides is 1. The van der Waals surface area contributed by atoms with Crippen molar-refractivity contribution in [2.24, 2.45) is 5.92 Å². The molecule has 4 nitrogen and oxygen atoms in total. The first-order valence-corrected chi connectivity index (χ1v) is 6.22. The number of hydrogen-bond acceptors (Lipinski definition) is 3. The highest BCUT2D eigenvalue weighted by atomic mass is 35.5. The standard InChI is InChI=1S/C14H22N2O2.ClH/c1-11(10-18-2)9-16-14(17)8-7-12-5-3-4-6-13(12)15;/h3-6,11H,7-10,15H2,1-2H3,(H,16,17);1H. The molecule has 0 heterocycles. The maximum absolute atomic E-state index is 11.6. The van der Waals surface area contributed by atoms with Crippen molar-refractivity contribution in [3.8, 4) is 0 Å². The van der Waals surface area contributed by atoms with Crippen LogP contribution >= 0.6 is 12.4 Å². The van der Waals surface area contributed by atoms with Crippen LogP contribution in [-0.4, -0.2) is 26.2 Å². The first-order chi connectivity index (χ1) is 8.63. The van der Waals surface area contributed by atoms with Crippen LogP contribution in [0, 0.1) is 5.92 Å². The van der Waals surface area contributed by atoms with E-state index < -0.39 is 0 Å². The number of carbonyl (C=O) groups excluding carboxylic acids is 1. The number of anilines is 1. The molecule has 0 spiro atoms. The second kappa shape index (κ2) is 9.64. The molecule has 0 aliphatic heterocycles. The van der Waals surface area contributed by atoms with Crippen molar-refractivity contribution in [3.63, 3.8) is 0 Å². The number of ether oxygens (including phenoxy) is 1. The molecule has 1 amide bonds. The quantitative estimate of drug-likeness (QED) is 0.754. The minimum absolute atomic E-state index is 0. The monoisotopic (exact) mass is 286 g/mol. The second-order valence-electron chi connectivity index (χ2n) is 4.56. The van der Waals surface area contributed by atoms with Gasteiger partial charge >= 0.3 is 0 Å². The van der Waals surface area contributed by atoms with Gasteiger partial charge in [-0.1, -0.05) is 25.1 Å². The van der Waals surface area contributed by atoms with Gasteiger partial charge in [0, 0.05) is 25.8 Å². The van der Waals surface area contributed by atoms with Gasteiger partial charge in [0.2, 0.25) is 5.91 Å². The van der Waals surface area contributed by atoms with Crippen LogP contribution in [0.1, 0.15) is 18.9 Å². The van der Waals surface area contributed by atoms with Crippen molar-refractivity contribution in [3.05, 3.63) is 29.8 Å². The number of methoxy groups -OCH3 is 1. The van der Waals surface area contributed by atoms with E-state index in [2.05, 4.69) is 5.32 Å². The average Bonchev–Trinajstić information content (AvgIpc) is 2.36. The van der Waals surface area contributed by atoms with E-state index in [1.807, 2.05) is 31.2 Å². The first-order valence-electron chi connectivity index (χ1n) is 6.22. The summed E-state index contributed by atoms with van der Waals surface area (Å²) < 4.78 is 5.01. The van der Waals surface area contributed by atoms with Crippen molar-refractivity contribution >= 4 is 24.0 Å². The van der Waals surface area contributed by atoms with Gasteiger partial charge in [-0.15, -0.1) is 12.4 Å². The van der Waals surface area contributed by atoms with Crippen LogP contribution in [0.4, 0.5) is 5.69 Å². The number of hydrogen-bond donors (Lipinski definition) is 2. The average molecular weight is 287 g/mol. The van der Waals surface area contributed by atoms with Crippen LogP contribution in [-0.2, 0) is 16.0 Å². The lowest BCUT2D eigenvalue weighted by atomic mass is 10.1. The molecule has 0 saturated heterocycles. The van der Waals surface area contributed by atoms with Crippen molar-refractivity contribution < 1.29 is 9.53 Å². The lowest BCUT2D eigenvalue weighted by Crippen LogP contribution is -2.30. The van der Waals surface area contributed by atoms with E-state index in [9.17, 15) is 4.79 Å². The topological polar surface area (TPSA) is 64.3 Å². The van der Waals surface area contributed by atoms with Gasteiger partial charge in [0.25, 0.3) is 0 Å².